The number of ether oxygens (including phenoxy) is 1. The van der Waals surface area contributed by atoms with Gasteiger partial charge < -0.3 is 20.3 Å². The van der Waals surface area contributed by atoms with Gasteiger partial charge in [0.25, 0.3) is 0 Å². The molecule has 29 heavy (non-hydrogen) atoms. The first kappa shape index (κ1) is 23.5. The van der Waals surface area contributed by atoms with E-state index in [-0.39, 0.29) is 36.4 Å². The van der Waals surface area contributed by atoms with Crippen molar-refractivity contribution in [3.05, 3.63) is 51.2 Å². The SMILES string of the molecule is CN=C(NCCc1cc(C)ccc1OC)NCC(=O)N1CCc2sccc2C1.I. The molecule has 0 spiro atoms. The number of carbonyl (C=O) groups is 1. The molecule has 0 atom stereocenters. The molecule has 2 heterocycles. The smallest absolute Gasteiger partial charge is 0.242 e. The van der Waals surface area contributed by atoms with Gasteiger partial charge in [0.15, 0.2) is 5.96 Å². The van der Waals surface area contributed by atoms with E-state index in [0.717, 1.165) is 30.7 Å². The lowest BCUT2D eigenvalue weighted by atomic mass is 10.1. The molecule has 0 aliphatic carbocycles. The van der Waals surface area contributed by atoms with Crippen molar-refractivity contribution in [2.45, 2.75) is 26.3 Å². The molecule has 3 rings (SSSR count). The summed E-state index contributed by atoms with van der Waals surface area (Å²) in [4.78, 5) is 20.1. The van der Waals surface area contributed by atoms with E-state index in [2.05, 4.69) is 40.1 Å². The first-order valence-corrected chi connectivity index (χ1v) is 10.4. The van der Waals surface area contributed by atoms with Crippen LogP contribution in [0.2, 0.25) is 0 Å². The Balaban J connectivity index is 0.00000300. The second-order valence-corrected chi connectivity index (χ2v) is 7.85. The first-order valence-electron chi connectivity index (χ1n) is 9.51. The minimum Gasteiger partial charge on any atom is -0.496 e. The standard InChI is InChI=1S/C21H28N4O2S.HI/c1-15-4-5-18(27-3)16(12-15)6-9-23-21(22-2)24-13-20(26)25-10-7-19-17(14-25)8-11-28-19;/h4-5,8,11-12H,6-7,9-10,13-14H2,1-3H3,(H2,22,23,24);1H. The van der Waals surface area contributed by atoms with Crippen molar-refractivity contribution < 1.29 is 9.53 Å². The maximum Gasteiger partial charge on any atom is 0.242 e. The summed E-state index contributed by atoms with van der Waals surface area (Å²) in [6, 6.07) is 8.29. The number of fused-ring (bicyclic) bond motifs is 1. The summed E-state index contributed by atoms with van der Waals surface area (Å²) in [5, 5.41) is 8.51. The van der Waals surface area contributed by atoms with Crippen molar-refractivity contribution in [3.63, 3.8) is 0 Å². The van der Waals surface area contributed by atoms with Gasteiger partial charge in [0.05, 0.1) is 13.7 Å². The summed E-state index contributed by atoms with van der Waals surface area (Å²) in [5.41, 5.74) is 3.64. The third kappa shape index (κ3) is 6.33. The summed E-state index contributed by atoms with van der Waals surface area (Å²) in [7, 11) is 3.40. The van der Waals surface area contributed by atoms with E-state index in [1.807, 2.05) is 17.0 Å². The molecular formula is C21H29IN4O2S. The Hall–Kier alpha value is -1.81. The zero-order valence-electron chi connectivity index (χ0n) is 17.2. The van der Waals surface area contributed by atoms with Crippen LogP contribution in [-0.2, 0) is 24.2 Å². The largest absolute Gasteiger partial charge is 0.496 e. The Morgan fingerprint density at radius 3 is 2.90 bits per heavy atom. The molecule has 1 aliphatic heterocycles. The first-order chi connectivity index (χ1) is 13.6. The minimum absolute atomic E-state index is 0. The lowest BCUT2D eigenvalue weighted by molar-refractivity contribution is -0.130. The molecule has 0 radical (unpaired) electrons. The van der Waals surface area contributed by atoms with Gasteiger partial charge in [-0.3, -0.25) is 9.79 Å². The molecule has 0 fully saturated rings. The normalized spacial score (nSPS) is 13.3. The number of amides is 1. The highest BCUT2D eigenvalue weighted by Crippen LogP contribution is 2.23. The monoisotopic (exact) mass is 528 g/mol. The third-order valence-electron chi connectivity index (χ3n) is 4.91. The van der Waals surface area contributed by atoms with Crippen molar-refractivity contribution in [2.24, 2.45) is 4.99 Å². The summed E-state index contributed by atoms with van der Waals surface area (Å²) < 4.78 is 5.43. The van der Waals surface area contributed by atoms with E-state index in [4.69, 9.17) is 4.74 Å². The van der Waals surface area contributed by atoms with E-state index in [1.54, 1.807) is 25.5 Å². The van der Waals surface area contributed by atoms with Gasteiger partial charge in [0.1, 0.15) is 5.75 Å². The Kier molecular flexibility index (Phi) is 9.22. The molecule has 0 bridgehead atoms. The Labute approximate surface area is 193 Å². The fraction of sp³-hybridized carbons (Fsp3) is 0.429. The molecule has 0 saturated carbocycles. The van der Waals surface area contributed by atoms with Gasteiger partial charge in [-0.25, -0.2) is 0 Å². The van der Waals surface area contributed by atoms with Gasteiger partial charge >= 0.3 is 0 Å². The van der Waals surface area contributed by atoms with Crippen LogP contribution < -0.4 is 15.4 Å². The lowest BCUT2D eigenvalue weighted by Crippen LogP contribution is -2.46. The molecule has 1 aromatic heterocycles. The van der Waals surface area contributed by atoms with Crippen molar-refractivity contribution in [1.29, 1.82) is 0 Å². The minimum atomic E-state index is 0. The quantitative estimate of drug-likeness (QED) is 0.344. The molecule has 158 valence electrons. The second-order valence-electron chi connectivity index (χ2n) is 6.85. The van der Waals surface area contributed by atoms with Gasteiger partial charge in [-0.05, 0) is 48.4 Å². The number of methoxy groups -OCH3 is 1. The predicted octanol–water partition coefficient (Wildman–Crippen LogP) is 2.98. The van der Waals surface area contributed by atoms with Crippen LogP contribution in [0.5, 0.6) is 5.75 Å². The van der Waals surface area contributed by atoms with Gasteiger partial charge in [0, 0.05) is 31.6 Å². The van der Waals surface area contributed by atoms with E-state index in [0.29, 0.717) is 19.0 Å². The third-order valence-corrected chi connectivity index (χ3v) is 5.94. The van der Waals surface area contributed by atoms with Crippen LogP contribution in [0.25, 0.3) is 0 Å². The molecular weight excluding hydrogens is 499 g/mol. The number of hydrogen-bond acceptors (Lipinski definition) is 4. The number of carbonyl (C=O) groups excluding carboxylic acids is 1. The van der Waals surface area contributed by atoms with E-state index in [1.165, 1.54) is 16.0 Å². The number of nitrogens with zero attached hydrogens (tertiary/aromatic N) is 2. The van der Waals surface area contributed by atoms with Crippen LogP contribution in [0.3, 0.4) is 0 Å². The molecule has 1 aliphatic rings. The summed E-state index contributed by atoms with van der Waals surface area (Å²) in [6.07, 6.45) is 1.76. The van der Waals surface area contributed by atoms with Crippen LogP contribution in [0.4, 0.5) is 0 Å². The van der Waals surface area contributed by atoms with Crippen LogP contribution in [0, 0.1) is 6.92 Å². The Bertz CT molecular complexity index is 853. The summed E-state index contributed by atoms with van der Waals surface area (Å²) in [6.45, 7) is 4.51. The van der Waals surface area contributed by atoms with Crippen molar-refractivity contribution in [2.75, 3.05) is 33.8 Å². The van der Waals surface area contributed by atoms with Gasteiger partial charge in [-0.1, -0.05) is 17.7 Å². The van der Waals surface area contributed by atoms with Crippen molar-refractivity contribution in [3.8, 4) is 5.75 Å². The van der Waals surface area contributed by atoms with Crippen LogP contribution in [0.1, 0.15) is 21.6 Å². The van der Waals surface area contributed by atoms with E-state index in [9.17, 15) is 4.79 Å². The molecule has 2 aromatic rings. The van der Waals surface area contributed by atoms with Gasteiger partial charge in [-0.15, -0.1) is 35.3 Å². The Morgan fingerprint density at radius 2 is 2.14 bits per heavy atom. The zero-order valence-corrected chi connectivity index (χ0v) is 20.3. The zero-order chi connectivity index (χ0) is 19.9. The predicted molar refractivity (Wildman–Crippen MR) is 130 cm³/mol. The molecule has 1 amide bonds. The number of halogens is 1. The van der Waals surface area contributed by atoms with Crippen LogP contribution in [-0.4, -0.2) is 50.6 Å². The average Bonchev–Trinajstić information content (AvgIpc) is 3.18. The number of benzene rings is 1. The highest BCUT2D eigenvalue weighted by molar-refractivity contribution is 14.0. The average molecular weight is 528 g/mol. The summed E-state index contributed by atoms with van der Waals surface area (Å²) >= 11 is 1.78. The molecule has 8 heteroatoms. The fourth-order valence-corrected chi connectivity index (χ4v) is 4.26. The number of guanidine groups is 1. The van der Waals surface area contributed by atoms with Gasteiger partial charge in [-0.2, -0.15) is 0 Å². The number of rotatable bonds is 6. The second kappa shape index (κ2) is 11.4. The number of nitrogens with one attached hydrogen (secondary N) is 2. The number of aryl methyl sites for hydroxylation is 1. The van der Waals surface area contributed by atoms with E-state index < -0.39 is 0 Å². The highest BCUT2D eigenvalue weighted by atomic mass is 127. The Morgan fingerprint density at radius 1 is 1.31 bits per heavy atom. The van der Waals surface area contributed by atoms with Crippen LogP contribution >= 0.6 is 35.3 Å². The molecule has 0 saturated heterocycles. The van der Waals surface area contributed by atoms with Crippen LogP contribution in [0.15, 0.2) is 34.6 Å². The molecule has 6 nitrogen and oxygen atoms in total. The maximum absolute atomic E-state index is 12.5. The number of thiophene rings is 1. The highest BCUT2D eigenvalue weighted by Gasteiger charge is 2.21. The summed E-state index contributed by atoms with van der Waals surface area (Å²) in [5.74, 6) is 1.62. The maximum atomic E-state index is 12.5. The lowest BCUT2D eigenvalue weighted by Gasteiger charge is -2.27. The van der Waals surface area contributed by atoms with Crippen molar-refractivity contribution >= 4 is 47.2 Å². The van der Waals surface area contributed by atoms with Gasteiger partial charge in [0.2, 0.25) is 5.91 Å². The molecule has 1 aromatic carbocycles. The fourth-order valence-electron chi connectivity index (χ4n) is 3.37. The topological polar surface area (TPSA) is 66.0 Å². The number of aliphatic imine (C=N–C) groups is 1. The van der Waals surface area contributed by atoms with E-state index >= 15 is 0 Å². The molecule has 0 unspecified atom stereocenters. The molecule has 2 N–H and O–H groups in total. The van der Waals surface area contributed by atoms with Crippen molar-refractivity contribution in [1.82, 2.24) is 15.5 Å². The number of hydrogen-bond donors (Lipinski definition) is 2.